The van der Waals surface area contributed by atoms with E-state index in [1.165, 1.54) is 12.8 Å². The fourth-order valence-electron chi connectivity index (χ4n) is 1.86. The van der Waals surface area contributed by atoms with Crippen LogP contribution in [0.25, 0.3) is 0 Å². The molecule has 1 fully saturated rings. The number of ketones is 1. The first-order valence-electron chi connectivity index (χ1n) is 5.55. The molecule has 0 bridgehead atoms. The second kappa shape index (κ2) is 5.97. The Morgan fingerprint density at radius 3 is 2.57 bits per heavy atom. The van der Waals surface area contributed by atoms with Gasteiger partial charge in [0, 0.05) is 12.8 Å². The highest BCUT2D eigenvalue weighted by molar-refractivity contribution is 5.78. The zero-order chi connectivity index (χ0) is 10.4. The Morgan fingerprint density at radius 1 is 1.36 bits per heavy atom. The van der Waals surface area contributed by atoms with Crippen LogP contribution in [0.4, 0.5) is 0 Å². The van der Waals surface area contributed by atoms with E-state index in [9.17, 15) is 4.79 Å². The molecular weight excluding hydrogens is 174 g/mol. The fourth-order valence-corrected chi connectivity index (χ4v) is 1.86. The molecule has 0 spiro atoms. The first kappa shape index (κ1) is 11.4. The maximum atomic E-state index is 11.6. The lowest BCUT2D eigenvalue weighted by Gasteiger charge is -2.21. The second-order valence-corrected chi connectivity index (χ2v) is 4.39. The SMILES string of the molecule is C=C(C)CCC(=O)CC1CCNCC1. The van der Waals surface area contributed by atoms with Crippen molar-refractivity contribution in [1.29, 1.82) is 0 Å². The Morgan fingerprint density at radius 2 is 2.00 bits per heavy atom. The molecule has 0 atom stereocenters. The average Bonchev–Trinajstić information content (AvgIpc) is 2.16. The molecule has 0 aliphatic carbocycles. The van der Waals surface area contributed by atoms with E-state index in [2.05, 4.69) is 11.9 Å². The largest absolute Gasteiger partial charge is 0.317 e. The van der Waals surface area contributed by atoms with Crippen molar-refractivity contribution >= 4 is 5.78 Å². The molecule has 1 heterocycles. The van der Waals surface area contributed by atoms with Crippen molar-refractivity contribution in [2.45, 2.75) is 39.0 Å². The summed E-state index contributed by atoms with van der Waals surface area (Å²) >= 11 is 0. The molecule has 2 heteroatoms. The number of piperidine rings is 1. The molecule has 0 saturated carbocycles. The molecule has 0 unspecified atom stereocenters. The van der Waals surface area contributed by atoms with Crippen molar-refractivity contribution in [1.82, 2.24) is 5.32 Å². The highest BCUT2D eigenvalue weighted by Crippen LogP contribution is 2.17. The summed E-state index contributed by atoms with van der Waals surface area (Å²) in [6.07, 6.45) is 4.68. The first-order chi connectivity index (χ1) is 6.68. The molecule has 0 aromatic carbocycles. The second-order valence-electron chi connectivity index (χ2n) is 4.39. The van der Waals surface area contributed by atoms with Crippen LogP contribution in [0, 0.1) is 5.92 Å². The van der Waals surface area contributed by atoms with Crippen LogP contribution in [-0.2, 0) is 4.79 Å². The van der Waals surface area contributed by atoms with E-state index < -0.39 is 0 Å². The van der Waals surface area contributed by atoms with Crippen molar-refractivity contribution in [3.8, 4) is 0 Å². The lowest BCUT2D eigenvalue weighted by Crippen LogP contribution is -2.28. The Labute approximate surface area is 86.8 Å². The van der Waals surface area contributed by atoms with E-state index in [0.717, 1.165) is 31.5 Å². The zero-order valence-corrected chi connectivity index (χ0v) is 9.14. The van der Waals surface area contributed by atoms with Crippen LogP contribution in [-0.4, -0.2) is 18.9 Å². The lowest BCUT2D eigenvalue weighted by molar-refractivity contribution is -0.120. The van der Waals surface area contributed by atoms with Gasteiger partial charge in [0.05, 0.1) is 0 Å². The average molecular weight is 195 g/mol. The lowest BCUT2D eigenvalue weighted by atomic mass is 9.91. The van der Waals surface area contributed by atoms with Crippen molar-refractivity contribution in [2.75, 3.05) is 13.1 Å². The minimum absolute atomic E-state index is 0.417. The van der Waals surface area contributed by atoms with E-state index in [4.69, 9.17) is 0 Å². The van der Waals surface area contributed by atoms with E-state index >= 15 is 0 Å². The van der Waals surface area contributed by atoms with Crippen LogP contribution in [0.2, 0.25) is 0 Å². The van der Waals surface area contributed by atoms with Gasteiger partial charge in [-0.1, -0.05) is 5.57 Å². The monoisotopic (exact) mass is 195 g/mol. The number of Topliss-reactive ketones (excluding diaryl/α,β-unsaturated/α-hetero) is 1. The quantitative estimate of drug-likeness (QED) is 0.682. The molecular formula is C12H21NO. The minimum atomic E-state index is 0.417. The Kier molecular flexibility index (Phi) is 4.88. The molecule has 1 N–H and O–H groups in total. The number of rotatable bonds is 5. The van der Waals surface area contributed by atoms with Crippen molar-refractivity contribution in [3.05, 3.63) is 12.2 Å². The molecule has 1 rings (SSSR count). The Balaban J connectivity index is 2.15. The molecule has 1 saturated heterocycles. The molecule has 80 valence electrons. The van der Waals surface area contributed by atoms with Gasteiger partial charge in [0.1, 0.15) is 5.78 Å². The number of carbonyl (C=O) groups is 1. The maximum absolute atomic E-state index is 11.6. The van der Waals surface area contributed by atoms with Crippen LogP contribution < -0.4 is 5.32 Å². The maximum Gasteiger partial charge on any atom is 0.133 e. The van der Waals surface area contributed by atoms with Gasteiger partial charge in [0.15, 0.2) is 0 Å². The summed E-state index contributed by atoms with van der Waals surface area (Å²) in [6, 6.07) is 0. The van der Waals surface area contributed by atoms with E-state index in [1.54, 1.807) is 0 Å². The Bertz CT molecular complexity index is 204. The van der Waals surface area contributed by atoms with E-state index in [-0.39, 0.29) is 0 Å². The molecule has 0 aromatic heterocycles. The zero-order valence-electron chi connectivity index (χ0n) is 9.14. The molecule has 1 aliphatic rings. The third-order valence-corrected chi connectivity index (χ3v) is 2.81. The van der Waals surface area contributed by atoms with Crippen LogP contribution in [0.15, 0.2) is 12.2 Å². The predicted octanol–water partition coefficient (Wildman–Crippen LogP) is 2.30. The van der Waals surface area contributed by atoms with Crippen LogP contribution >= 0.6 is 0 Å². The number of hydrogen-bond donors (Lipinski definition) is 1. The van der Waals surface area contributed by atoms with Gasteiger partial charge in [0.2, 0.25) is 0 Å². The van der Waals surface area contributed by atoms with Crippen LogP contribution in [0.3, 0.4) is 0 Å². The highest BCUT2D eigenvalue weighted by Gasteiger charge is 2.16. The number of hydrogen-bond acceptors (Lipinski definition) is 2. The number of carbonyl (C=O) groups excluding carboxylic acids is 1. The van der Waals surface area contributed by atoms with Gasteiger partial charge >= 0.3 is 0 Å². The third kappa shape index (κ3) is 4.56. The summed E-state index contributed by atoms with van der Waals surface area (Å²) in [5.74, 6) is 1.05. The summed E-state index contributed by atoms with van der Waals surface area (Å²) in [5.41, 5.74) is 1.11. The number of nitrogens with one attached hydrogen (secondary N) is 1. The molecule has 0 amide bonds. The van der Waals surface area contributed by atoms with Crippen LogP contribution in [0.1, 0.15) is 39.0 Å². The molecule has 2 nitrogen and oxygen atoms in total. The van der Waals surface area contributed by atoms with Crippen molar-refractivity contribution < 1.29 is 4.79 Å². The van der Waals surface area contributed by atoms with E-state index in [0.29, 0.717) is 18.1 Å². The van der Waals surface area contributed by atoms with E-state index in [1.807, 2.05) is 6.92 Å². The molecule has 0 radical (unpaired) electrons. The van der Waals surface area contributed by atoms with Gasteiger partial charge in [-0.05, 0) is 45.2 Å². The van der Waals surface area contributed by atoms with Gasteiger partial charge in [-0.25, -0.2) is 0 Å². The van der Waals surface area contributed by atoms with Crippen molar-refractivity contribution in [2.24, 2.45) is 5.92 Å². The van der Waals surface area contributed by atoms with Gasteiger partial charge < -0.3 is 5.32 Å². The van der Waals surface area contributed by atoms with Crippen LogP contribution in [0.5, 0.6) is 0 Å². The van der Waals surface area contributed by atoms with Gasteiger partial charge in [-0.3, -0.25) is 4.79 Å². The molecule has 1 aliphatic heterocycles. The minimum Gasteiger partial charge on any atom is -0.317 e. The predicted molar refractivity (Wildman–Crippen MR) is 59.3 cm³/mol. The summed E-state index contributed by atoms with van der Waals surface area (Å²) in [6.45, 7) is 7.96. The van der Waals surface area contributed by atoms with Gasteiger partial charge in [0.25, 0.3) is 0 Å². The summed E-state index contributed by atoms with van der Waals surface area (Å²) in [4.78, 5) is 11.6. The smallest absolute Gasteiger partial charge is 0.133 e. The topological polar surface area (TPSA) is 29.1 Å². The fraction of sp³-hybridized carbons (Fsp3) is 0.750. The summed E-state index contributed by atoms with van der Waals surface area (Å²) in [5, 5.41) is 3.31. The third-order valence-electron chi connectivity index (χ3n) is 2.81. The first-order valence-corrected chi connectivity index (χ1v) is 5.55. The standard InChI is InChI=1S/C12H21NO/c1-10(2)3-4-12(14)9-11-5-7-13-8-6-11/h11,13H,1,3-9H2,2H3. The van der Waals surface area contributed by atoms with Gasteiger partial charge in [-0.15, -0.1) is 6.58 Å². The summed E-state index contributed by atoms with van der Waals surface area (Å²) in [7, 11) is 0. The Hall–Kier alpha value is -0.630. The molecule has 14 heavy (non-hydrogen) atoms. The van der Waals surface area contributed by atoms with Crippen molar-refractivity contribution in [3.63, 3.8) is 0 Å². The van der Waals surface area contributed by atoms with Gasteiger partial charge in [-0.2, -0.15) is 0 Å². The normalized spacial score (nSPS) is 18.1. The highest BCUT2D eigenvalue weighted by atomic mass is 16.1. The number of allylic oxidation sites excluding steroid dienone is 1. The molecule has 0 aromatic rings. The summed E-state index contributed by atoms with van der Waals surface area (Å²) < 4.78 is 0.